The number of benzene rings is 4. The van der Waals surface area contributed by atoms with Gasteiger partial charge in [0.1, 0.15) is 29.3 Å². The molecule has 4 aromatic rings. The minimum Gasteiger partial charge on any atom is -0.290 e. The van der Waals surface area contributed by atoms with E-state index >= 15 is 0 Å². The molecule has 0 spiro atoms. The first-order valence-electron chi connectivity index (χ1n) is 11.1. The van der Waals surface area contributed by atoms with Gasteiger partial charge in [-0.25, -0.2) is 0 Å². The van der Waals surface area contributed by atoms with Crippen molar-refractivity contribution in [2.75, 3.05) is 6.16 Å². The van der Waals surface area contributed by atoms with Crippen LogP contribution in [0.15, 0.2) is 115 Å². The fourth-order valence-electron chi connectivity index (χ4n) is 4.23. The van der Waals surface area contributed by atoms with Crippen LogP contribution in [-0.4, -0.2) is 11.9 Å². The molecule has 0 bridgehead atoms. The summed E-state index contributed by atoms with van der Waals surface area (Å²) in [5.74, 6) is 0.190. The van der Waals surface area contributed by atoms with Crippen LogP contribution in [0.3, 0.4) is 0 Å². The SMILES string of the molecule is CC(C)(C)c1ccc(C(=O)C[P+](c2ccccc2)(c2ccccc2)c2ccccc2)cc1. The Kier molecular flexibility index (Phi) is 6.40. The largest absolute Gasteiger partial charge is 0.290 e. The lowest BCUT2D eigenvalue weighted by atomic mass is 9.86. The lowest BCUT2D eigenvalue weighted by Gasteiger charge is -2.27. The van der Waals surface area contributed by atoms with Crippen LogP contribution in [0.25, 0.3) is 0 Å². The maximum atomic E-state index is 13.8. The van der Waals surface area contributed by atoms with Gasteiger partial charge in [-0.3, -0.25) is 4.79 Å². The van der Waals surface area contributed by atoms with E-state index in [-0.39, 0.29) is 11.2 Å². The zero-order chi connectivity index (χ0) is 22.6. The molecule has 0 aromatic heterocycles. The lowest BCUT2D eigenvalue weighted by Crippen LogP contribution is -2.35. The average molecular weight is 438 g/mol. The van der Waals surface area contributed by atoms with E-state index in [0.717, 1.165) is 5.56 Å². The van der Waals surface area contributed by atoms with Gasteiger partial charge < -0.3 is 0 Å². The Morgan fingerprint density at radius 2 is 0.969 bits per heavy atom. The summed E-state index contributed by atoms with van der Waals surface area (Å²) in [5, 5.41) is 3.70. The third-order valence-electron chi connectivity index (χ3n) is 6.04. The van der Waals surface area contributed by atoms with Crippen molar-refractivity contribution in [1.29, 1.82) is 0 Å². The summed E-state index contributed by atoms with van der Waals surface area (Å²) in [6, 6.07) is 39.9. The van der Waals surface area contributed by atoms with Crippen molar-refractivity contribution in [2.24, 2.45) is 0 Å². The predicted octanol–water partition coefficient (Wildman–Crippen LogP) is 6.16. The van der Waals surface area contributed by atoms with Gasteiger partial charge in [0, 0.05) is 5.56 Å². The monoisotopic (exact) mass is 437 g/mol. The van der Waals surface area contributed by atoms with Gasteiger partial charge >= 0.3 is 0 Å². The zero-order valence-electron chi connectivity index (χ0n) is 19.0. The van der Waals surface area contributed by atoms with Gasteiger partial charge in [0.25, 0.3) is 0 Å². The molecule has 0 radical (unpaired) electrons. The Hall–Kier alpha value is -3.02. The maximum absolute atomic E-state index is 13.8. The molecule has 1 nitrogen and oxygen atoms in total. The van der Waals surface area contributed by atoms with Crippen molar-refractivity contribution in [1.82, 2.24) is 0 Å². The molecule has 0 fully saturated rings. The first-order chi connectivity index (χ1) is 15.4. The molecule has 2 heteroatoms. The van der Waals surface area contributed by atoms with Crippen molar-refractivity contribution in [2.45, 2.75) is 26.2 Å². The lowest BCUT2D eigenvalue weighted by molar-refractivity contribution is 0.102. The second-order valence-corrected chi connectivity index (χ2v) is 12.7. The average Bonchev–Trinajstić information content (AvgIpc) is 2.83. The third-order valence-corrected chi connectivity index (χ3v) is 10.3. The number of hydrogen-bond donors (Lipinski definition) is 0. The molecule has 0 amide bonds. The zero-order valence-corrected chi connectivity index (χ0v) is 19.9. The molecule has 4 aromatic carbocycles. The minimum atomic E-state index is -2.17. The van der Waals surface area contributed by atoms with E-state index < -0.39 is 7.26 Å². The molecule has 0 aliphatic heterocycles. The first kappa shape index (κ1) is 22.2. The van der Waals surface area contributed by atoms with Gasteiger partial charge in [-0.2, -0.15) is 0 Å². The fourth-order valence-corrected chi connectivity index (χ4v) is 8.33. The molecule has 160 valence electrons. The Morgan fingerprint density at radius 1 is 0.594 bits per heavy atom. The molecular formula is C30H30OP+. The molecule has 0 saturated heterocycles. The summed E-state index contributed by atoms with van der Waals surface area (Å²) in [6.07, 6.45) is 0.472. The second-order valence-electron chi connectivity index (χ2n) is 9.23. The van der Waals surface area contributed by atoms with Crippen molar-refractivity contribution >= 4 is 29.0 Å². The molecule has 32 heavy (non-hydrogen) atoms. The van der Waals surface area contributed by atoms with Gasteiger partial charge in [0.15, 0.2) is 0 Å². The molecule has 0 aliphatic rings. The number of Topliss-reactive ketones (excluding diaryl/α,β-unsaturated/α-hetero) is 1. The summed E-state index contributed by atoms with van der Waals surface area (Å²) in [6.45, 7) is 6.59. The first-order valence-corrected chi connectivity index (χ1v) is 13.1. The molecule has 0 unspecified atom stereocenters. The van der Waals surface area contributed by atoms with Crippen LogP contribution < -0.4 is 15.9 Å². The van der Waals surface area contributed by atoms with Gasteiger partial charge in [-0.15, -0.1) is 0 Å². The normalized spacial score (nSPS) is 11.8. The number of ketones is 1. The van der Waals surface area contributed by atoms with E-state index in [2.05, 4.69) is 106 Å². The van der Waals surface area contributed by atoms with Crippen LogP contribution in [0.2, 0.25) is 0 Å². The van der Waals surface area contributed by atoms with E-state index in [1.165, 1.54) is 21.5 Å². The highest BCUT2D eigenvalue weighted by atomic mass is 31.2. The molecule has 0 heterocycles. The quantitative estimate of drug-likeness (QED) is 0.261. The van der Waals surface area contributed by atoms with Gasteiger partial charge in [-0.1, -0.05) is 99.6 Å². The standard InChI is InChI=1S/C30H30OP/c1-30(2,3)25-21-19-24(20-22-25)29(31)23-32(26-13-7-4-8-14-26,27-15-9-5-10-16-27)28-17-11-6-12-18-28/h4-22H,23H2,1-3H3/q+1. The summed E-state index contributed by atoms with van der Waals surface area (Å²) in [4.78, 5) is 13.8. The Morgan fingerprint density at radius 3 is 1.31 bits per heavy atom. The molecule has 0 aliphatic carbocycles. The molecule has 0 saturated carbocycles. The highest BCUT2D eigenvalue weighted by molar-refractivity contribution is 7.96. The number of rotatable bonds is 6. The van der Waals surface area contributed by atoms with E-state index in [9.17, 15) is 4.79 Å². The molecule has 4 rings (SSSR count). The maximum Gasteiger partial charge on any atom is 0.201 e. The minimum absolute atomic E-state index is 0.0659. The van der Waals surface area contributed by atoms with Crippen LogP contribution in [0.5, 0.6) is 0 Å². The highest BCUT2D eigenvalue weighted by Gasteiger charge is 2.47. The predicted molar refractivity (Wildman–Crippen MR) is 139 cm³/mol. The van der Waals surface area contributed by atoms with Crippen molar-refractivity contribution in [3.8, 4) is 0 Å². The van der Waals surface area contributed by atoms with Crippen LogP contribution >= 0.6 is 7.26 Å². The second kappa shape index (κ2) is 9.23. The summed E-state index contributed by atoms with van der Waals surface area (Å²) >= 11 is 0. The third kappa shape index (κ3) is 4.45. The van der Waals surface area contributed by atoms with Gasteiger partial charge in [0.05, 0.1) is 0 Å². The number of carbonyl (C=O) groups is 1. The number of carbonyl (C=O) groups excluding carboxylic acids is 1. The van der Waals surface area contributed by atoms with E-state index in [1.807, 2.05) is 30.3 Å². The van der Waals surface area contributed by atoms with Crippen LogP contribution in [0, 0.1) is 0 Å². The summed E-state index contributed by atoms with van der Waals surface area (Å²) in [5.41, 5.74) is 2.09. The molecule has 0 N–H and O–H groups in total. The Bertz CT molecular complexity index is 1060. The van der Waals surface area contributed by atoms with Crippen molar-refractivity contribution in [3.63, 3.8) is 0 Å². The van der Waals surface area contributed by atoms with Crippen LogP contribution in [0.4, 0.5) is 0 Å². The highest BCUT2D eigenvalue weighted by Crippen LogP contribution is 2.55. The Balaban J connectivity index is 1.85. The van der Waals surface area contributed by atoms with Crippen LogP contribution in [0.1, 0.15) is 36.7 Å². The van der Waals surface area contributed by atoms with Crippen molar-refractivity contribution < 1.29 is 4.79 Å². The van der Waals surface area contributed by atoms with Gasteiger partial charge in [-0.05, 0) is 47.4 Å². The van der Waals surface area contributed by atoms with Gasteiger partial charge in [0.2, 0.25) is 5.78 Å². The molecular weight excluding hydrogens is 407 g/mol. The Labute approximate surface area is 192 Å². The van der Waals surface area contributed by atoms with Crippen LogP contribution in [-0.2, 0) is 5.41 Å². The summed E-state index contributed by atoms with van der Waals surface area (Å²) < 4.78 is 0. The summed E-state index contributed by atoms with van der Waals surface area (Å²) in [7, 11) is -2.17. The van der Waals surface area contributed by atoms with Crippen molar-refractivity contribution in [3.05, 3.63) is 126 Å². The number of hydrogen-bond acceptors (Lipinski definition) is 1. The van der Waals surface area contributed by atoms with E-state index in [4.69, 9.17) is 0 Å². The fraction of sp³-hybridized carbons (Fsp3) is 0.167. The topological polar surface area (TPSA) is 17.1 Å². The van der Waals surface area contributed by atoms with E-state index in [0.29, 0.717) is 6.16 Å². The smallest absolute Gasteiger partial charge is 0.201 e. The van der Waals surface area contributed by atoms with E-state index in [1.54, 1.807) is 0 Å². The molecule has 0 atom stereocenters.